The summed E-state index contributed by atoms with van der Waals surface area (Å²) in [7, 11) is 0. The first kappa shape index (κ1) is 18.8. The Hall–Kier alpha value is -2.52. The lowest BCUT2D eigenvalue weighted by molar-refractivity contribution is -0.384. The maximum atomic E-state index is 10.8. The van der Waals surface area contributed by atoms with Gasteiger partial charge in [0.25, 0.3) is 5.69 Å². The lowest BCUT2D eigenvalue weighted by Gasteiger charge is -2.30. The van der Waals surface area contributed by atoms with Gasteiger partial charge >= 0.3 is 0 Å². The number of nitrogens with zero attached hydrogens (tertiary/aromatic N) is 2. The van der Waals surface area contributed by atoms with E-state index in [4.69, 9.17) is 5.21 Å². The zero-order chi connectivity index (χ0) is 18.4. The highest BCUT2D eigenvalue weighted by Gasteiger charge is 2.29. The predicted molar refractivity (Wildman–Crippen MR) is 91.2 cm³/mol. The highest BCUT2D eigenvalue weighted by atomic mass is 16.8. The van der Waals surface area contributed by atoms with Gasteiger partial charge in [-0.1, -0.05) is 24.3 Å². The lowest BCUT2D eigenvalue weighted by atomic mass is 9.78. The topological polar surface area (TPSA) is 130 Å². The zero-order valence-corrected chi connectivity index (χ0v) is 13.4. The molecule has 0 aromatic heterocycles. The Morgan fingerprint density at radius 3 is 1.72 bits per heavy atom. The number of nitro benzene ring substituents is 1. The molecular formula is C17H19N2O6-. The maximum absolute atomic E-state index is 10.8. The molecule has 0 aliphatic heterocycles. The van der Waals surface area contributed by atoms with Crippen molar-refractivity contribution in [2.45, 2.75) is 12.8 Å². The van der Waals surface area contributed by atoms with Crippen molar-refractivity contribution in [2.24, 2.45) is 5.41 Å². The summed E-state index contributed by atoms with van der Waals surface area (Å²) in [4.78, 5) is 10.2. The van der Waals surface area contributed by atoms with Gasteiger partial charge in [-0.05, 0) is 36.1 Å². The minimum Gasteiger partial charge on any atom is -0.733 e. The van der Waals surface area contributed by atoms with Gasteiger partial charge in [0.2, 0.25) is 0 Å². The second kappa shape index (κ2) is 8.04. The van der Waals surface area contributed by atoms with Crippen LogP contribution in [0.4, 0.5) is 11.4 Å². The standard InChI is InChI=1S/C17H19N2O6/c20-11-17(12-21,9-13-1-5-15(6-2-13)18(22)23)10-14-3-7-16(8-4-14)19(24)25/h1-8,20-22H,9-12H2/q-1. The molecule has 0 bridgehead atoms. The van der Waals surface area contributed by atoms with Crippen LogP contribution in [0.3, 0.4) is 0 Å². The highest BCUT2D eigenvalue weighted by molar-refractivity contribution is 5.45. The van der Waals surface area contributed by atoms with Gasteiger partial charge in [0.05, 0.1) is 23.8 Å². The molecule has 2 rings (SSSR count). The van der Waals surface area contributed by atoms with Crippen molar-refractivity contribution in [3.8, 4) is 0 Å². The monoisotopic (exact) mass is 347 g/mol. The third-order valence-corrected chi connectivity index (χ3v) is 4.13. The van der Waals surface area contributed by atoms with Crippen molar-refractivity contribution in [1.82, 2.24) is 0 Å². The molecule has 8 nitrogen and oxygen atoms in total. The van der Waals surface area contributed by atoms with Gasteiger partial charge in [-0.15, -0.1) is 0 Å². The minimum absolute atomic E-state index is 0.0240. The van der Waals surface area contributed by atoms with E-state index in [2.05, 4.69) is 0 Å². The van der Waals surface area contributed by atoms with Crippen molar-refractivity contribution >= 4 is 11.4 Å². The summed E-state index contributed by atoms with van der Waals surface area (Å²) in [6.45, 7) is -0.564. The van der Waals surface area contributed by atoms with Crippen molar-refractivity contribution in [1.29, 1.82) is 0 Å². The number of hydrogen-bond acceptors (Lipinski definition) is 7. The SMILES string of the molecule is O=[N+]([O-])c1ccc(CC(CO)(CO)Cc2ccc(N([O-])O)cc2)cc1. The maximum Gasteiger partial charge on any atom is 0.269 e. The third kappa shape index (κ3) is 4.74. The summed E-state index contributed by atoms with van der Waals surface area (Å²) in [5.41, 5.74) is 0.734. The van der Waals surface area contributed by atoms with Gasteiger partial charge < -0.3 is 20.6 Å². The van der Waals surface area contributed by atoms with E-state index in [9.17, 15) is 25.5 Å². The average molecular weight is 347 g/mol. The zero-order valence-electron chi connectivity index (χ0n) is 13.4. The summed E-state index contributed by atoms with van der Waals surface area (Å²) < 4.78 is 0. The van der Waals surface area contributed by atoms with Crippen LogP contribution in [-0.2, 0) is 12.8 Å². The van der Waals surface area contributed by atoms with Crippen LogP contribution in [0.25, 0.3) is 0 Å². The number of aliphatic hydroxyl groups is 2. The van der Waals surface area contributed by atoms with E-state index in [0.717, 1.165) is 11.1 Å². The molecule has 0 radical (unpaired) electrons. The number of rotatable bonds is 8. The van der Waals surface area contributed by atoms with Crippen LogP contribution in [0.15, 0.2) is 48.5 Å². The number of benzene rings is 2. The molecule has 8 heteroatoms. The Balaban J connectivity index is 2.18. The van der Waals surface area contributed by atoms with Crippen LogP contribution in [0, 0.1) is 20.7 Å². The molecule has 0 aliphatic rings. The molecule has 0 amide bonds. The molecule has 0 unspecified atom stereocenters. The van der Waals surface area contributed by atoms with Gasteiger partial charge in [0.1, 0.15) is 0 Å². The van der Waals surface area contributed by atoms with Crippen molar-refractivity contribution in [2.75, 3.05) is 18.4 Å². The van der Waals surface area contributed by atoms with Gasteiger partial charge in [0.15, 0.2) is 0 Å². The Morgan fingerprint density at radius 1 is 0.920 bits per heavy atom. The van der Waals surface area contributed by atoms with Crippen LogP contribution in [0.1, 0.15) is 11.1 Å². The fraction of sp³-hybridized carbons (Fsp3) is 0.294. The molecule has 2 aromatic carbocycles. The molecule has 0 atom stereocenters. The van der Waals surface area contributed by atoms with Crippen molar-refractivity contribution in [3.05, 3.63) is 75.0 Å². The minimum atomic E-state index is -0.853. The molecule has 2 aromatic rings. The summed E-state index contributed by atoms with van der Waals surface area (Å²) >= 11 is 0. The molecular weight excluding hydrogens is 328 g/mol. The molecule has 0 aliphatic carbocycles. The molecule has 25 heavy (non-hydrogen) atoms. The first-order valence-electron chi connectivity index (χ1n) is 7.59. The molecule has 0 saturated carbocycles. The van der Waals surface area contributed by atoms with Gasteiger partial charge in [-0.25, -0.2) is 0 Å². The Kier molecular flexibility index (Phi) is 6.05. The second-order valence-electron chi connectivity index (χ2n) is 6.03. The summed E-state index contributed by atoms with van der Waals surface area (Å²) in [6, 6.07) is 12.1. The molecule has 134 valence electrons. The van der Waals surface area contributed by atoms with E-state index < -0.39 is 10.3 Å². The number of nitro groups is 1. The molecule has 0 spiro atoms. The van der Waals surface area contributed by atoms with E-state index in [1.54, 1.807) is 24.3 Å². The Morgan fingerprint density at radius 2 is 1.36 bits per heavy atom. The van der Waals surface area contributed by atoms with E-state index in [-0.39, 0.29) is 29.8 Å². The predicted octanol–water partition coefficient (Wildman–Crippen LogP) is 2.04. The van der Waals surface area contributed by atoms with Crippen LogP contribution in [0.5, 0.6) is 0 Å². The van der Waals surface area contributed by atoms with Gasteiger partial charge in [0, 0.05) is 17.5 Å². The summed E-state index contributed by atoms with van der Waals surface area (Å²) in [5.74, 6) is 0. The molecule has 0 heterocycles. The molecule has 3 N–H and O–H groups in total. The van der Waals surface area contributed by atoms with E-state index in [1.165, 1.54) is 24.3 Å². The largest absolute Gasteiger partial charge is 0.733 e. The lowest BCUT2D eigenvalue weighted by Crippen LogP contribution is -2.34. The number of anilines is 1. The number of non-ortho nitro benzene ring substituents is 1. The Bertz CT molecular complexity index is 696. The van der Waals surface area contributed by atoms with Gasteiger partial charge in [-0.3, -0.25) is 15.3 Å². The summed E-state index contributed by atoms with van der Waals surface area (Å²) in [6.07, 6.45) is 0.662. The molecule has 0 saturated heterocycles. The van der Waals surface area contributed by atoms with Crippen LogP contribution >= 0.6 is 0 Å². The van der Waals surface area contributed by atoms with Crippen LogP contribution < -0.4 is 5.23 Å². The molecule has 0 fully saturated rings. The fourth-order valence-electron chi connectivity index (χ4n) is 2.68. The second-order valence-corrected chi connectivity index (χ2v) is 6.03. The first-order valence-corrected chi connectivity index (χ1v) is 7.59. The van der Waals surface area contributed by atoms with E-state index >= 15 is 0 Å². The quantitative estimate of drug-likeness (QED) is 0.492. The van der Waals surface area contributed by atoms with E-state index in [1.807, 2.05) is 0 Å². The smallest absolute Gasteiger partial charge is 0.269 e. The number of aliphatic hydroxyl groups excluding tert-OH is 2. The summed E-state index contributed by atoms with van der Waals surface area (Å²) in [5, 5.41) is 49.8. The normalized spacial score (nSPS) is 11.4. The first-order chi connectivity index (χ1) is 11.9. The van der Waals surface area contributed by atoms with Crippen molar-refractivity contribution < 1.29 is 20.3 Å². The average Bonchev–Trinajstić information content (AvgIpc) is 2.62. The van der Waals surface area contributed by atoms with Crippen LogP contribution in [-0.4, -0.2) is 33.6 Å². The van der Waals surface area contributed by atoms with Crippen molar-refractivity contribution in [3.63, 3.8) is 0 Å². The van der Waals surface area contributed by atoms with E-state index in [0.29, 0.717) is 12.8 Å². The Labute approximate surface area is 144 Å². The number of hydrogen-bond donors (Lipinski definition) is 3. The highest BCUT2D eigenvalue weighted by Crippen LogP contribution is 2.29. The third-order valence-electron chi connectivity index (χ3n) is 4.13. The van der Waals surface area contributed by atoms with Crippen LogP contribution in [0.2, 0.25) is 0 Å². The fourth-order valence-corrected chi connectivity index (χ4v) is 2.68. The van der Waals surface area contributed by atoms with Gasteiger partial charge in [-0.2, -0.15) is 0 Å².